The highest BCUT2D eigenvalue weighted by Crippen LogP contribution is 2.39. The van der Waals surface area contributed by atoms with Crippen LogP contribution in [-0.4, -0.2) is 58.8 Å². The van der Waals surface area contributed by atoms with Crippen LogP contribution in [0.25, 0.3) is 22.2 Å². The van der Waals surface area contributed by atoms with Crippen LogP contribution in [0.15, 0.2) is 47.5 Å². The number of nitrogens with one attached hydrogen (secondary N) is 4. The van der Waals surface area contributed by atoms with Gasteiger partial charge in [-0.3, -0.25) is 14.6 Å². The smallest absolute Gasteiger partial charge is 0.239 e. The molecule has 0 fully saturated rings. The van der Waals surface area contributed by atoms with Crippen LogP contribution >= 0.6 is 15.9 Å². The summed E-state index contributed by atoms with van der Waals surface area (Å²) >= 11 is 3.53. The Labute approximate surface area is 239 Å². The van der Waals surface area contributed by atoms with E-state index in [4.69, 9.17) is 9.72 Å². The van der Waals surface area contributed by atoms with Gasteiger partial charge < -0.3 is 25.4 Å². The first-order chi connectivity index (χ1) is 19.4. The molecule has 1 aliphatic rings. The summed E-state index contributed by atoms with van der Waals surface area (Å²) in [6.45, 7) is 0.732. The number of pyridine rings is 1. The van der Waals surface area contributed by atoms with E-state index in [0.717, 1.165) is 35.6 Å². The Morgan fingerprint density at radius 1 is 1.07 bits per heavy atom. The molecule has 1 aliphatic heterocycles. The molecule has 4 aromatic heterocycles. The van der Waals surface area contributed by atoms with Gasteiger partial charge in [-0.15, -0.1) is 0 Å². The highest BCUT2D eigenvalue weighted by molar-refractivity contribution is 9.10. The van der Waals surface area contributed by atoms with Crippen molar-refractivity contribution in [3.63, 3.8) is 0 Å². The van der Waals surface area contributed by atoms with Gasteiger partial charge in [-0.1, -0.05) is 0 Å². The Kier molecular flexibility index (Phi) is 6.89. The summed E-state index contributed by atoms with van der Waals surface area (Å²) in [5, 5.41) is 14.4. The lowest BCUT2D eigenvalue weighted by Crippen LogP contribution is -2.09. The number of rotatable bonds is 7. The number of aromatic nitrogens is 7. The molecular formula is C25H24BrN11O2S. The number of nitrogens with zero attached hydrogens (tertiary/aromatic N) is 7. The minimum atomic E-state index is -1.34. The van der Waals surface area contributed by atoms with Gasteiger partial charge in [0.15, 0.2) is 0 Å². The van der Waals surface area contributed by atoms with Crippen LogP contribution < -0.4 is 25.4 Å². The van der Waals surface area contributed by atoms with E-state index >= 15 is 0 Å². The third-order valence-electron chi connectivity index (χ3n) is 6.32. The highest BCUT2D eigenvalue weighted by Gasteiger charge is 2.22. The molecule has 0 spiro atoms. The van der Waals surface area contributed by atoms with Gasteiger partial charge in [0.2, 0.25) is 11.8 Å². The standard InChI is InChI=1S/C25H24BrN11O2S/c1-37-19-6-7-29-22-13(14(19)11-31-37)10-18(24(34-22)39-2)33-25-30-12-15(26)23(35-25)32-17-5-4-16-20(28-9-8-27-16)21(17)36-40(3)38/h4-5,8-12,36H,6-7H2,1-3H3,(H,29,34)(H2,30,32,33,35). The van der Waals surface area contributed by atoms with E-state index in [2.05, 4.69) is 61.6 Å². The Morgan fingerprint density at radius 3 is 2.75 bits per heavy atom. The van der Waals surface area contributed by atoms with Crippen LogP contribution in [0.2, 0.25) is 0 Å². The fourth-order valence-electron chi connectivity index (χ4n) is 4.52. The van der Waals surface area contributed by atoms with Gasteiger partial charge in [0.25, 0.3) is 0 Å². The van der Waals surface area contributed by atoms with Crippen molar-refractivity contribution in [3.8, 4) is 17.0 Å². The van der Waals surface area contributed by atoms with Crippen molar-refractivity contribution in [2.75, 3.05) is 40.6 Å². The Bertz CT molecular complexity index is 1780. The van der Waals surface area contributed by atoms with Gasteiger partial charge in [-0.25, -0.2) is 9.19 Å². The molecule has 13 nitrogen and oxygen atoms in total. The fraction of sp³-hybridized carbons (Fsp3) is 0.200. The van der Waals surface area contributed by atoms with Gasteiger partial charge in [-0.2, -0.15) is 15.1 Å². The molecule has 1 atom stereocenters. The van der Waals surface area contributed by atoms with Gasteiger partial charge in [0.1, 0.15) is 33.8 Å². The van der Waals surface area contributed by atoms with Crippen LogP contribution in [0.5, 0.6) is 5.88 Å². The van der Waals surface area contributed by atoms with Gasteiger partial charge >= 0.3 is 0 Å². The summed E-state index contributed by atoms with van der Waals surface area (Å²) in [5.74, 6) is 1.90. The van der Waals surface area contributed by atoms with Crippen LogP contribution in [0.3, 0.4) is 0 Å². The monoisotopic (exact) mass is 621 g/mol. The summed E-state index contributed by atoms with van der Waals surface area (Å²) in [6.07, 6.45) is 9.05. The second kappa shape index (κ2) is 10.7. The molecular weight excluding hydrogens is 598 g/mol. The van der Waals surface area contributed by atoms with Crippen molar-refractivity contribution in [3.05, 3.63) is 53.2 Å². The number of aryl methyl sites for hydroxylation is 1. The number of ether oxygens (including phenoxy) is 1. The molecule has 204 valence electrons. The van der Waals surface area contributed by atoms with Crippen LogP contribution in [-0.2, 0) is 24.5 Å². The number of anilines is 6. The first-order valence-corrected chi connectivity index (χ1v) is 14.5. The molecule has 6 rings (SSSR count). The van der Waals surface area contributed by atoms with Crippen molar-refractivity contribution in [2.45, 2.75) is 6.42 Å². The van der Waals surface area contributed by atoms with Crippen molar-refractivity contribution < 1.29 is 8.95 Å². The van der Waals surface area contributed by atoms with Crippen molar-refractivity contribution in [1.29, 1.82) is 0 Å². The molecule has 0 bridgehead atoms. The predicted molar refractivity (Wildman–Crippen MR) is 159 cm³/mol. The van der Waals surface area contributed by atoms with Crippen molar-refractivity contribution in [2.24, 2.45) is 7.05 Å². The third kappa shape index (κ3) is 4.88. The van der Waals surface area contributed by atoms with E-state index in [1.165, 1.54) is 0 Å². The average Bonchev–Trinajstić information content (AvgIpc) is 3.21. The SMILES string of the molecule is COc1nc2c(cc1Nc1ncc(Br)c(Nc3ccc4nccnc4c3NS(C)=O)n1)-c1cnn(C)c1CCN2. The molecule has 0 amide bonds. The lowest BCUT2D eigenvalue weighted by molar-refractivity contribution is 0.400. The minimum Gasteiger partial charge on any atom is -0.479 e. The second-order valence-electron chi connectivity index (χ2n) is 8.86. The summed E-state index contributed by atoms with van der Waals surface area (Å²) in [7, 11) is 2.16. The molecule has 15 heteroatoms. The van der Waals surface area contributed by atoms with E-state index < -0.39 is 11.0 Å². The maximum absolute atomic E-state index is 12.1. The maximum Gasteiger partial charge on any atom is 0.239 e. The lowest BCUT2D eigenvalue weighted by atomic mass is 10.1. The number of fused-ring (bicyclic) bond motifs is 4. The highest BCUT2D eigenvalue weighted by atomic mass is 79.9. The quantitative estimate of drug-likeness (QED) is 0.207. The fourth-order valence-corrected chi connectivity index (χ4v) is 5.30. The summed E-state index contributed by atoms with van der Waals surface area (Å²) in [6, 6.07) is 5.61. The molecule has 1 unspecified atom stereocenters. The zero-order valence-electron chi connectivity index (χ0n) is 21.7. The minimum absolute atomic E-state index is 0.313. The number of methoxy groups -OCH3 is 1. The lowest BCUT2D eigenvalue weighted by Gasteiger charge is -2.16. The van der Waals surface area contributed by atoms with Crippen LogP contribution in [0.4, 0.5) is 34.6 Å². The summed E-state index contributed by atoms with van der Waals surface area (Å²) in [5.41, 5.74) is 6.03. The van der Waals surface area contributed by atoms with Gasteiger partial charge in [0.05, 0.1) is 34.7 Å². The molecule has 0 saturated heterocycles. The molecule has 5 heterocycles. The van der Waals surface area contributed by atoms with Gasteiger partial charge in [0, 0.05) is 61.7 Å². The zero-order chi connectivity index (χ0) is 27.8. The Hall–Kier alpha value is -4.37. The average molecular weight is 623 g/mol. The van der Waals surface area contributed by atoms with E-state index in [-0.39, 0.29) is 0 Å². The zero-order valence-corrected chi connectivity index (χ0v) is 24.1. The molecule has 4 N–H and O–H groups in total. The molecule has 40 heavy (non-hydrogen) atoms. The molecule has 0 radical (unpaired) electrons. The first-order valence-electron chi connectivity index (χ1n) is 12.2. The largest absolute Gasteiger partial charge is 0.479 e. The summed E-state index contributed by atoms with van der Waals surface area (Å²) in [4.78, 5) is 22.6. The third-order valence-corrected chi connectivity index (χ3v) is 7.39. The maximum atomic E-state index is 12.1. The Morgan fingerprint density at radius 2 is 1.93 bits per heavy atom. The topological polar surface area (TPSA) is 157 Å². The van der Waals surface area contributed by atoms with E-state index in [0.29, 0.717) is 50.2 Å². The van der Waals surface area contributed by atoms with Gasteiger partial charge in [-0.05, 0) is 34.1 Å². The molecule has 0 saturated carbocycles. The van der Waals surface area contributed by atoms with Crippen molar-refractivity contribution >= 4 is 72.6 Å². The van der Waals surface area contributed by atoms with E-state index in [1.807, 2.05) is 36.1 Å². The number of benzene rings is 1. The molecule has 1 aromatic carbocycles. The van der Waals surface area contributed by atoms with Crippen LogP contribution in [0, 0.1) is 0 Å². The van der Waals surface area contributed by atoms with Crippen LogP contribution in [0.1, 0.15) is 5.69 Å². The number of halogens is 1. The number of hydrogen-bond acceptors (Lipinski definition) is 11. The Balaban J connectivity index is 1.36. The first kappa shape index (κ1) is 25.9. The normalized spacial score (nSPS) is 13.0. The summed E-state index contributed by atoms with van der Waals surface area (Å²) < 4.78 is 23.2. The van der Waals surface area contributed by atoms with E-state index in [1.54, 1.807) is 32.0 Å². The second-order valence-corrected chi connectivity index (χ2v) is 10.8. The predicted octanol–water partition coefficient (Wildman–Crippen LogP) is 4.15. The molecule has 0 aliphatic carbocycles. The number of hydrogen-bond donors (Lipinski definition) is 4. The van der Waals surface area contributed by atoms with E-state index in [9.17, 15) is 4.21 Å². The molecule has 5 aromatic rings. The van der Waals surface area contributed by atoms with Crippen molar-refractivity contribution in [1.82, 2.24) is 34.7 Å².